The largest absolute Gasteiger partial charge is 0.352 e. The van der Waals surface area contributed by atoms with Crippen LogP contribution in [0.3, 0.4) is 0 Å². The van der Waals surface area contributed by atoms with Crippen LogP contribution in [0, 0.1) is 5.92 Å². The first kappa shape index (κ1) is 19.8. The molecule has 2 saturated heterocycles. The molecule has 1 amide bonds. The summed E-state index contributed by atoms with van der Waals surface area (Å²) in [5, 5.41) is 3.09. The summed E-state index contributed by atoms with van der Waals surface area (Å²) in [4.78, 5) is 16.0. The maximum atomic E-state index is 12.1. The van der Waals surface area contributed by atoms with E-state index in [9.17, 15) is 4.79 Å². The van der Waals surface area contributed by atoms with Crippen molar-refractivity contribution in [3.8, 4) is 0 Å². The normalized spacial score (nSPS) is 20.5. The van der Waals surface area contributed by atoms with Gasteiger partial charge >= 0.3 is 0 Å². The molecule has 0 unspecified atom stereocenters. The van der Waals surface area contributed by atoms with Crippen LogP contribution < -0.4 is 5.32 Å². The van der Waals surface area contributed by atoms with Crippen molar-refractivity contribution >= 4 is 35.5 Å². The lowest BCUT2D eigenvalue weighted by molar-refractivity contribution is -0.116. The van der Waals surface area contributed by atoms with Crippen molar-refractivity contribution in [2.24, 2.45) is 5.92 Å². The Kier molecular flexibility index (Phi) is 7.96. The summed E-state index contributed by atoms with van der Waals surface area (Å²) in [6.45, 7) is 3.21. The SMILES string of the molecule is CSc1ccc(C=CC(=O)NCC2CCN(C3CCSCC3)CC2)cc1. The summed E-state index contributed by atoms with van der Waals surface area (Å²) in [6.07, 6.45) is 10.8. The predicted molar refractivity (Wildman–Crippen MR) is 115 cm³/mol. The quantitative estimate of drug-likeness (QED) is 0.584. The Bertz CT molecular complexity index is 589. The fourth-order valence-electron chi connectivity index (χ4n) is 3.76. The van der Waals surface area contributed by atoms with E-state index in [0.717, 1.165) is 18.2 Å². The lowest BCUT2D eigenvalue weighted by Crippen LogP contribution is -2.44. The summed E-state index contributed by atoms with van der Waals surface area (Å²) in [6, 6.07) is 9.08. The Morgan fingerprint density at radius 2 is 1.88 bits per heavy atom. The Morgan fingerprint density at radius 3 is 2.54 bits per heavy atom. The third kappa shape index (κ3) is 6.07. The molecule has 2 fully saturated rings. The van der Waals surface area contributed by atoms with Crippen molar-refractivity contribution in [1.82, 2.24) is 10.2 Å². The van der Waals surface area contributed by atoms with Crippen molar-refractivity contribution in [3.05, 3.63) is 35.9 Å². The van der Waals surface area contributed by atoms with E-state index in [1.165, 1.54) is 55.2 Å². The number of hydrogen-bond donors (Lipinski definition) is 1. The molecule has 1 aromatic carbocycles. The Morgan fingerprint density at radius 1 is 1.19 bits per heavy atom. The monoisotopic (exact) mass is 390 g/mol. The van der Waals surface area contributed by atoms with Crippen LogP contribution in [0.4, 0.5) is 0 Å². The van der Waals surface area contributed by atoms with Crippen molar-refractivity contribution in [1.29, 1.82) is 0 Å². The number of benzene rings is 1. The zero-order valence-electron chi connectivity index (χ0n) is 15.7. The molecule has 3 nitrogen and oxygen atoms in total. The first-order chi connectivity index (χ1) is 12.7. The van der Waals surface area contributed by atoms with E-state index in [1.54, 1.807) is 17.8 Å². The van der Waals surface area contributed by atoms with Crippen molar-refractivity contribution < 1.29 is 4.79 Å². The van der Waals surface area contributed by atoms with E-state index >= 15 is 0 Å². The van der Waals surface area contributed by atoms with Gasteiger partial charge in [0.15, 0.2) is 0 Å². The van der Waals surface area contributed by atoms with Crippen molar-refractivity contribution in [2.45, 2.75) is 36.6 Å². The molecule has 26 heavy (non-hydrogen) atoms. The summed E-state index contributed by atoms with van der Waals surface area (Å²) in [5.74, 6) is 3.30. The van der Waals surface area contributed by atoms with Gasteiger partial charge in [-0.15, -0.1) is 11.8 Å². The zero-order chi connectivity index (χ0) is 18.2. The Labute approximate surface area is 166 Å². The number of nitrogens with zero attached hydrogens (tertiary/aromatic N) is 1. The summed E-state index contributed by atoms with van der Waals surface area (Å²) >= 11 is 3.82. The fourth-order valence-corrected chi connectivity index (χ4v) is 5.25. The third-order valence-corrected chi connectivity index (χ3v) is 7.26. The highest BCUT2D eigenvalue weighted by molar-refractivity contribution is 7.99. The minimum atomic E-state index is 0.0191. The van der Waals surface area contributed by atoms with Gasteiger partial charge in [0, 0.05) is 23.6 Å². The second-order valence-corrected chi connectivity index (χ2v) is 9.28. The van der Waals surface area contributed by atoms with E-state index in [4.69, 9.17) is 0 Å². The Balaban J connectivity index is 1.36. The topological polar surface area (TPSA) is 32.3 Å². The van der Waals surface area contributed by atoms with E-state index in [0.29, 0.717) is 5.92 Å². The number of thioether (sulfide) groups is 2. The second-order valence-electron chi connectivity index (χ2n) is 7.17. The molecule has 1 aromatic rings. The molecular formula is C21H30N2OS2. The molecule has 5 heteroatoms. The molecule has 0 radical (unpaired) electrons. The van der Waals surface area contributed by atoms with Crippen LogP contribution in [-0.4, -0.2) is 54.2 Å². The molecule has 3 rings (SSSR count). The number of likely N-dealkylation sites (tertiary alicyclic amines) is 1. The average Bonchev–Trinajstić information content (AvgIpc) is 2.72. The standard InChI is InChI=1S/C21H30N2OS2/c1-25-20-5-2-17(3-6-20)4-7-21(24)22-16-18-8-12-23(13-9-18)19-10-14-26-15-11-19/h2-7,18-19H,8-16H2,1H3,(H,22,24). The number of carbonyl (C=O) groups is 1. The number of piperidine rings is 1. The first-order valence-corrected chi connectivity index (χ1v) is 12.0. The molecule has 2 heterocycles. The average molecular weight is 391 g/mol. The number of rotatable bonds is 6. The van der Waals surface area contributed by atoms with Crippen molar-refractivity contribution in [2.75, 3.05) is 37.4 Å². The van der Waals surface area contributed by atoms with Gasteiger partial charge in [0.1, 0.15) is 0 Å². The smallest absolute Gasteiger partial charge is 0.244 e. The maximum Gasteiger partial charge on any atom is 0.244 e. The lowest BCUT2D eigenvalue weighted by atomic mass is 9.94. The molecule has 0 atom stereocenters. The predicted octanol–water partition coefficient (Wildman–Crippen LogP) is 4.15. The van der Waals surface area contributed by atoms with Crippen LogP contribution in [-0.2, 0) is 4.79 Å². The van der Waals surface area contributed by atoms with Crippen LogP contribution in [0.25, 0.3) is 6.08 Å². The van der Waals surface area contributed by atoms with E-state index in [1.807, 2.05) is 6.08 Å². The second kappa shape index (κ2) is 10.4. The van der Waals surface area contributed by atoms with Crippen LogP contribution in [0.15, 0.2) is 35.2 Å². The van der Waals surface area contributed by atoms with Gasteiger partial charge in [-0.1, -0.05) is 12.1 Å². The van der Waals surface area contributed by atoms with Crippen molar-refractivity contribution in [3.63, 3.8) is 0 Å². The lowest BCUT2D eigenvalue weighted by Gasteiger charge is -2.39. The zero-order valence-corrected chi connectivity index (χ0v) is 17.3. The van der Waals surface area contributed by atoms with Crippen LogP contribution in [0.1, 0.15) is 31.2 Å². The summed E-state index contributed by atoms with van der Waals surface area (Å²) < 4.78 is 0. The summed E-state index contributed by atoms with van der Waals surface area (Å²) in [5.41, 5.74) is 1.07. The first-order valence-electron chi connectivity index (χ1n) is 9.66. The number of carbonyl (C=O) groups excluding carboxylic acids is 1. The minimum Gasteiger partial charge on any atom is -0.352 e. The molecule has 0 aliphatic carbocycles. The number of hydrogen-bond acceptors (Lipinski definition) is 4. The van der Waals surface area contributed by atoms with E-state index in [2.05, 4.69) is 52.5 Å². The third-order valence-electron chi connectivity index (χ3n) is 5.46. The van der Waals surface area contributed by atoms with Gasteiger partial charge < -0.3 is 10.2 Å². The van der Waals surface area contributed by atoms with E-state index in [-0.39, 0.29) is 5.91 Å². The molecular weight excluding hydrogens is 360 g/mol. The van der Waals surface area contributed by atoms with Crippen LogP contribution in [0.2, 0.25) is 0 Å². The highest BCUT2D eigenvalue weighted by atomic mass is 32.2. The maximum absolute atomic E-state index is 12.1. The van der Waals surface area contributed by atoms with Gasteiger partial charge in [0.05, 0.1) is 0 Å². The molecule has 2 aliphatic heterocycles. The van der Waals surface area contributed by atoms with Gasteiger partial charge in [-0.25, -0.2) is 0 Å². The molecule has 0 saturated carbocycles. The fraction of sp³-hybridized carbons (Fsp3) is 0.571. The van der Waals surface area contributed by atoms with Gasteiger partial charge in [-0.3, -0.25) is 4.79 Å². The number of amides is 1. The molecule has 0 aromatic heterocycles. The summed E-state index contributed by atoms with van der Waals surface area (Å²) in [7, 11) is 0. The molecule has 0 spiro atoms. The molecule has 142 valence electrons. The van der Waals surface area contributed by atoms with Crippen LogP contribution >= 0.6 is 23.5 Å². The molecule has 1 N–H and O–H groups in total. The van der Waals surface area contributed by atoms with E-state index < -0.39 is 0 Å². The highest BCUT2D eigenvalue weighted by Crippen LogP contribution is 2.26. The number of nitrogens with one attached hydrogen (secondary N) is 1. The van der Waals surface area contributed by atoms with Gasteiger partial charge in [0.25, 0.3) is 0 Å². The van der Waals surface area contributed by atoms with Gasteiger partial charge in [-0.05, 0) is 86.2 Å². The Hall–Kier alpha value is -0.910. The highest BCUT2D eigenvalue weighted by Gasteiger charge is 2.26. The minimum absolute atomic E-state index is 0.0191. The molecule has 2 aliphatic rings. The van der Waals surface area contributed by atoms with Gasteiger partial charge in [-0.2, -0.15) is 11.8 Å². The molecule has 0 bridgehead atoms. The van der Waals surface area contributed by atoms with Gasteiger partial charge in [0.2, 0.25) is 5.91 Å². The van der Waals surface area contributed by atoms with Crippen LogP contribution in [0.5, 0.6) is 0 Å².